The number of halogens is 1. The Morgan fingerprint density at radius 3 is 2.92 bits per heavy atom. The minimum absolute atomic E-state index is 0.0968. The van der Waals surface area contributed by atoms with Gasteiger partial charge in [-0.25, -0.2) is 13.9 Å². The van der Waals surface area contributed by atoms with Crippen LogP contribution in [0.15, 0.2) is 30.5 Å². The normalized spacial score (nSPS) is 17.7. The van der Waals surface area contributed by atoms with Crippen molar-refractivity contribution in [1.82, 2.24) is 19.9 Å². The predicted octanol–water partition coefficient (Wildman–Crippen LogP) is 1.54. The van der Waals surface area contributed by atoms with Crippen molar-refractivity contribution in [2.75, 3.05) is 6.54 Å². The molecular formula is C16H17FN4O3. The fourth-order valence-corrected chi connectivity index (χ4v) is 2.87. The average Bonchev–Trinajstić information content (AvgIpc) is 3.02. The summed E-state index contributed by atoms with van der Waals surface area (Å²) in [5.41, 5.74) is 0.792. The molecule has 1 N–H and O–H groups in total. The van der Waals surface area contributed by atoms with Crippen molar-refractivity contribution in [3.63, 3.8) is 0 Å². The van der Waals surface area contributed by atoms with Crippen LogP contribution in [0.3, 0.4) is 0 Å². The van der Waals surface area contributed by atoms with Gasteiger partial charge in [0.1, 0.15) is 11.9 Å². The number of amides is 1. The Bertz CT molecular complexity index is 761. The van der Waals surface area contributed by atoms with Gasteiger partial charge in [0, 0.05) is 6.54 Å². The molecule has 24 heavy (non-hydrogen) atoms. The predicted molar refractivity (Wildman–Crippen MR) is 81.8 cm³/mol. The van der Waals surface area contributed by atoms with Crippen molar-refractivity contribution in [2.45, 2.75) is 31.8 Å². The number of rotatable bonds is 4. The Hall–Kier alpha value is -2.77. The maximum absolute atomic E-state index is 13.2. The molecule has 0 spiro atoms. The number of carbonyl (C=O) groups is 2. The number of aromatic nitrogens is 3. The number of carboxylic acids is 1. The lowest BCUT2D eigenvalue weighted by Gasteiger charge is -2.32. The zero-order valence-corrected chi connectivity index (χ0v) is 12.9. The molecule has 0 aliphatic carbocycles. The van der Waals surface area contributed by atoms with E-state index in [9.17, 15) is 19.1 Å². The van der Waals surface area contributed by atoms with Crippen LogP contribution in [0, 0.1) is 5.82 Å². The summed E-state index contributed by atoms with van der Waals surface area (Å²) < 4.78 is 14.6. The van der Waals surface area contributed by atoms with Crippen LogP contribution in [0.25, 0.3) is 0 Å². The summed E-state index contributed by atoms with van der Waals surface area (Å²) in [7, 11) is 0. The number of hydrogen-bond donors (Lipinski definition) is 1. The SMILES string of the molecule is O=C(O)[C@H]1CCCCN1C(=O)c1cn(Cc2cccc(F)c2)nn1. The van der Waals surface area contributed by atoms with Gasteiger partial charge in [0.2, 0.25) is 0 Å². The van der Waals surface area contributed by atoms with Crippen LogP contribution in [0.5, 0.6) is 0 Å². The molecule has 3 rings (SSSR count). The van der Waals surface area contributed by atoms with Gasteiger partial charge in [0.25, 0.3) is 5.91 Å². The van der Waals surface area contributed by atoms with Gasteiger partial charge in [-0.3, -0.25) is 4.79 Å². The van der Waals surface area contributed by atoms with Gasteiger partial charge in [-0.2, -0.15) is 0 Å². The molecule has 1 saturated heterocycles. The quantitative estimate of drug-likeness (QED) is 0.917. The highest BCUT2D eigenvalue weighted by molar-refractivity contribution is 5.94. The second kappa shape index (κ2) is 6.77. The number of piperidine rings is 1. The lowest BCUT2D eigenvalue weighted by molar-refractivity contribution is -0.143. The van der Waals surface area contributed by atoms with Crippen molar-refractivity contribution >= 4 is 11.9 Å². The van der Waals surface area contributed by atoms with E-state index in [2.05, 4.69) is 10.3 Å². The molecule has 1 aromatic carbocycles. The molecule has 0 bridgehead atoms. The van der Waals surface area contributed by atoms with Gasteiger partial charge in [-0.1, -0.05) is 17.3 Å². The average molecular weight is 332 g/mol. The van der Waals surface area contributed by atoms with Crippen LogP contribution in [-0.4, -0.2) is 49.5 Å². The molecule has 0 unspecified atom stereocenters. The van der Waals surface area contributed by atoms with E-state index in [-0.39, 0.29) is 18.1 Å². The maximum atomic E-state index is 13.2. The lowest BCUT2D eigenvalue weighted by atomic mass is 10.0. The summed E-state index contributed by atoms with van der Waals surface area (Å²) in [4.78, 5) is 25.2. The van der Waals surface area contributed by atoms with Gasteiger partial charge in [0.15, 0.2) is 5.69 Å². The van der Waals surface area contributed by atoms with Crippen molar-refractivity contribution in [3.05, 3.63) is 47.5 Å². The van der Waals surface area contributed by atoms with E-state index in [1.165, 1.54) is 27.9 Å². The van der Waals surface area contributed by atoms with Gasteiger partial charge >= 0.3 is 5.97 Å². The first-order valence-electron chi connectivity index (χ1n) is 7.73. The second-order valence-corrected chi connectivity index (χ2v) is 5.78. The number of nitrogens with zero attached hydrogens (tertiary/aromatic N) is 4. The number of carbonyl (C=O) groups excluding carboxylic acids is 1. The van der Waals surface area contributed by atoms with Crippen molar-refractivity contribution < 1.29 is 19.1 Å². The van der Waals surface area contributed by atoms with E-state index >= 15 is 0 Å². The van der Waals surface area contributed by atoms with Crippen LogP contribution in [-0.2, 0) is 11.3 Å². The zero-order valence-electron chi connectivity index (χ0n) is 12.9. The summed E-state index contributed by atoms with van der Waals surface area (Å²) in [6.07, 6.45) is 3.46. The molecule has 1 atom stereocenters. The molecule has 1 fully saturated rings. The summed E-state index contributed by atoms with van der Waals surface area (Å²) in [5, 5.41) is 17.0. The Kier molecular flexibility index (Phi) is 4.54. The van der Waals surface area contributed by atoms with Crippen molar-refractivity contribution in [3.8, 4) is 0 Å². The van der Waals surface area contributed by atoms with Crippen LogP contribution in [0.1, 0.15) is 35.3 Å². The molecule has 2 heterocycles. The molecule has 126 valence electrons. The minimum atomic E-state index is -1.00. The fraction of sp³-hybridized carbons (Fsp3) is 0.375. The molecule has 1 amide bonds. The molecule has 2 aromatic rings. The fourth-order valence-electron chi connectivity index (χ4n) is 2.87. The first kappa shape index (κ1) is 16.1. The first-order chi connectivity index (χ1) is 11.5. The smallest absolute Gasteiger partial charge is 0.326 e. The topological polar surface area (TPSA) is 88.3 Å². The standard InChI is InChI=1S/C16H17FN4O3/c17-12-5-3-4-11(8-12)9-20-10-13(18-19-20)15(22)21-7-2-1-6-14(21)16(23)24/h3-5,8,10,14H,1-2,6-7,9H2,(H,23,24)/t14-/m1/s1. The van der Waals surface area contributed by atoms with E-state index in [0.717, 1.165) is 12.8 Å². The van der Waals surface area contributed by atoms with E-state index in [1.54, 1.807) is 12.1 Å². The van der Waals surface area contributed by atoms with Gasteiger partial charge in [0.05, 0.1) is 12.7 Å². The summed E-state index contributed by atoms with van der Waals surface area (Å²) in [6.45, 7) is 0.674. The van der Waals surface area contributed by atoms with Crippen molar-refractivity contribution in [2.24, 2.45) is 0 Å². The van der Waals surface area contributed by atoms with E-state index in [0.29, 0.717) is 18.5 Å². The number of likely N-dealkylation sites (tertiary alicyclic amines) is 1. The lowest BCUT2D eigenvalue weighted by Crippen LogP contribution is -2.48. The third-order valence-electron chi connectivity index (χ3n) is 4.04. The van der Waals surface area contributed by atoms with Gasteiger partial charge < -0.3 is 10.0 Å². The zero-order chi connectivity index (χ0) is 17.1. The van der Waals surface area contributed by atoms with Crippen molar-refractivity contribution in [1.29, 1.82) is 0 Å². The summed E-state index contributed by atoms with van der Waals surface area (Å²) in [6, 6.07) is 5.26. The van der Waals surface area contributed by atoms with Crippen LogP contribution in [0.2, 0.25) is 0 Å². The molecule has 1 aliphatic rings. The van der Waals surface area contributed by atoms with Crippen LogP contribution in [0.4, 0.5) is 4.39 Å². The Morgan fingerprint density at radius 2 is 2.17 bits per heavy atom. The third kappa shape index (κ3) is 3.42. The molecule has 1 aromatic heterocycles. The maximum Gasteiger partial charge on any atom is 0.326 e. The first-order valence-corrected chi connectivity index (χ1v) is 7.73. The molecule has 8 heteroatoms. The number of hydrogen-bond acceptors (Lipinski definition) is 4. The van der Waals surface area contributed by atoms with E-state index < -0.39 is 17.9 Å². The van der Waals surface area contributed by atoms with Crippen LogP contribution >= 0.6 is 0 Å². The highest BCUT2D eigenvalue weighted by atomic mass is 19.1. The second-order valence-electron chi connectivity index (χ2n) is 5.78. The summed E-state index contributed by atoms with van der Waals surface area (Å²) in [5.74, 6) is -1.79. The summed E-state index contributed by atoms with van der Waals surface area (Å²) >= 11 is 0. The number of aliphatic carboxylic acids is 1. The Labute approximate surface area is 137 Å². The van der Waals surface area contributed by atoms with E-state index in [1.807, 2.05) is 0 Å². The highest BCUT2D eigenvalue weighted by Crippen LogP contribution is 2.19. The van der Waals surface area contributed by atoms with Gasteiger partial charge in [-0.15, -0.1) is 5.10 Å². The molecule has 1 aliphatic heterocycles. The van der Waals surface area contributed by atoms with E-state index in [4.69, 9.17) is 0 Å². The molecule has 0 radical (unpaired) electrons. The Balaban J connectivity index is 1.74. The largest absolute Gasteiger partial charge is 0.480 e. The number of benzene rings is 1. The van der Waals surface area contributed by atoms with Crippen LogP contribution < -0.4 is 0 Å². The van der Waals surface area contributed by atoms with Gasteiger partial charge in [-0.05, 0) is 37.0 Å². The highest BCUT2D eigenvalue weighted by Gasteiger charge is 2.33. The number of carboxylic acid groups (broad SMARTS) is 1. The minimum Gasteiger partial charge on any atom is -0.480 e. The monoisotopic (exact) mass is 332 g/mol. The molecule has 0 saturated carbocycles. The Morgan fingerprint density at radius 1 is 1.33 bits per heavy atom. The molecule has 7 nitrogen and oxygen atoms in total. The third-order valence-corrected chi connectivity index (χ3v) is 4.04. The molecular weight excluding hydrogens is 315 g/mol.